The summed E-state index contributed by atoms with van der Waals surface area (Å²) in [6, 6.07) is 1.99. The summed E-state index contributed by atoms with van der Waals surface area (Å²) in [7, 11) is 2.00. The number of aryl methyl sites for hydroxylation is 1. The van der Waals surface area contributed by atoms with E-state index in [0.717, 1.165) is 49.5 Å². The first kappa shape index (κ1) is 13.8. The number of imidazole rings is 1. The van der Waals surface area contributed by atoms with Gasteiger partial charge in [-0.3, -0.25) is 0 Å². The molecule has 0 aliphatic carbocycles. The molecule has 0 saturated carbocycles. The van der Waals surface area contributed by atoms with Crippen LogP contribution in [0.2, 0.25) is 0 Å². The molecule has 0 atom stereocenters. The van der Waals surface area contributed by atoms with Crippen LogP contribution >= 0.6 is 0 Å². The fourth-order valence-electron chi connectivity index (χ4n) is 2.24. The highest BCUT2D eigenvalue weighted by molar-refractivity contribution is 5.85. The van der Waals surface area contributed by atoms with Crippen molar-refractivity contribution in [1.29, 1.82) is 0 Å². The summed E-state index contributed by atoms with van der Waals surface area (Å²) in [5.41, 5.74) is 2.06. The van der Waals surface area contributed by atoms with Crippen molar-refractivity contribution in [3.8, 4) is 0 Å². The Labute approximate surface area is 114 Å². The van der Waals surface area contributed by atoms with E-state index in [0.29, 0.717) is 0 Å². The van der Waals surface area contributed by atoms with E-state index in [9.17, 15) is 0 Å². The van der Waals surface area contributed by atoms with Gasteiger partial charge in [-0.2, -0.15) is 0 Å². The maximum Gasteiger partial charge on any atom is 0.154 e. The Kier molecular flexibility index (Phi) is 4.74. The second kappa shape index (κ2) is 6.52. The summed E-state index contributed by atoms with van der Waals surface area (Å²) in [5, 5.41) is 3.39. The SMILES string of the molecule is CCN(CC)CCCNc1nccc2c1ncn2C. The van der Waals surface area contributed by atoms with Crippen molar-refractivity contribution in [2.75, 3.05) is 31.5 Å². The van der Waals surface area contributed by atoms with Crippen LogP contribution in [0.5, 0.6) is 0 Å². The van der Waals surface area contributed by atoms with Crippen molar-refractivity contribution < 1.29 is 0 Å². The minimum absolute atomic E-state index is 0.887. The summed E-state index contributed by atoms with van der Waals surface area (Å²) in [5.74, 6) is 0.887. The van der Waals surface area contributed by atoms with E-state index in [2.05, 4.69) is 34.0 Å². The molecule has 0 aromatic carbocycles. The number of hydrogen-bond donors (Lipinski definition) is 1. The van der Waals surface area contributed by atoms with Gasteiger partial charge in [0.1, 0.15) is 5.52 Å². The number of nitrogens with one attached hydrogen (secondary N) is 1. The first-order valence-corrected chi connectivity index (χ1v) is 6.98. The fourth-order valence-corrected chi connectivity index (χ4v) is 2.24. The predicted octanol–water partition coefficient (Wildman–Crippen LogP) is 2.11. The third-order valence-electron chi connectivity index (χ3n) is 3.48. The molecule has 5 nitrogen and oxygen atoms in total. The average Bonchev–Trinajstić information content (AvgIpc) is 2.82. The first-order chi connectivity index (χ1) is 9.26. The predicted molar refractivity (Wildman–Crippen MR) is 79.4 cm³/mol. The number of rotatable bonds is 7. The third-order valence-corrected chi connectivity index (χ3v) is 3.48. The van der Waals surface area contributed by atoms with Gasteiger partial charge in [0.15, 0.2) is 5.82 Å². The summed E-state index contributed by atoms with van der Waals surface area (Å²) < 4.78 is 2.01. The van der Waals surface area contributed by atoms with Crippen LogP contribution in [0.15, 0.2) is 18.6 Å². The first-order valence-electron chi connectivity index (χ1n) is 6.98. The van der Waals surface area contributed by atoms with Gasteiger partial charge in [0.25, 0.3) is 0 Å². The largest absolute Gasteiger partial charge is 0.368 e. The lowest BCUT2D eigenvalue weighted by atomic mass is 10.3. The molecule has 0 unspecified atom stereocenters. The highest BCUT2D eigenvalue weighted by Crippen LogP contribution is 2.18. The second-order valence-electron chi connectivity index (χ2n) is 4.69. The second-order valence-corrected chi connectivity index (χ2v) is 4.69. The lowest BCUT2D eigenvalue weighted by Gasteiger charge is -2.17. The topological polar surface area (TPSA) is 46.0 Å². The zero-order valence-electron chi connectivity index (χ0n) is 12.1. The summed E-state index contributed by atoms with van der Waals surface area (Å²) >= 11 is 0. The molecule has 0 bridgehead atoms. The summed E-state index contributed by atoms with van der Waals surface area (Å²) in [4.78, 5) is 11.2. The molecule has 104 valence electrons. The van der Waals surface area contributed by atoms with Crippen LogP contribution in [-0.4, -0.2) is 45.6 Å². The minimum atomic E-state index is 0.887. The summed E-state index contributed by atoms with van der Waals surface area (Å²) in [6.45, 7) is 8.69. The molecule has 0 saturated heterocycles. The van der Waals surface area contributed by atoms with E-state index < -0.39 is 0 Å². The molecular formula is C14H23N5. The molecule has 2 heterocycles. The van der Waals surface area contributed by atoms with Gasteiger partial charge in [-0.1, -0.05) is 13.8 Å². The lowest BCUT2D eigenvalue weighted by molar-refractivity contribution is 0.303. The average molecular weight is 261 g/mol. The van der Waals surface area contributed by atoms with Crippen LogP contribution in [-0.2, 0) is 7.05 Å². The lowest BCUT2D eigenvalue weighted by Crippen LogP contribution is -2.25. The molecule has 0 fully saturated rings. The van der Waals surface area contributed by atoms with Gasteiger partial charge in [-0.05, 0) is 32.1 Å². The summed E-state index contributed by atoms with van der Waals surface area (Å²) in [6.07, 6.45) is 4.77. The Hall–Kier alpha value is -1.62. The number of fused-ring (bicyclic) bond motifs is 1. The minimum Gasteiger partial charge on any atom is -0.368 e. The molecular weight excluding hydrogens is 238 g/mol. The number of hydrogen-bond acceptors (Lipinski definition) is 4. The highest BCUT2D eigenvalue weighted by atomic mass is 15.1. The zero-order chi connectivity index (χ0) is 13.7. The van der Waals surface area contributed by atoms with Crippen LogP contribution in [0.3, 0.4) is 0 Å². The number of pyridine rings is 1. The Bertz CT molecular complexity index is 516. The Morgan fingerprint density at radius 3 is 2.79 bits per heavy atom. The van der Waals surface area contributed by atoms with Gasteiger partial charge in [0, 0.05) is 19.8 Å². The molecule has 5 heteroatoms. The van der Waals surface area contributed by atoms with Crippen molar-refractivity contribution in [3.63, 3.8) is 0 Å². The monoisotopic (exact) mass is 261 g/mol. The van der Waals surface area contributed by atoms with Gasteiger partial charge in [0.05, 0.1) is 11.8 Å². The van der Waals surface area contributed by atoms with E-state index in [1.807, 2.05) is 30.2 Å². The smallest absolute Gasteiger partial charge is 0.154 e. The molecule has 19 heavy (non-hydrogen) atoms. The van der Waals surface area contributed by atoms with Crippen LogP contribution in [0.25, 0.3) is 11.0 Å². The number of aromatic nitrogens is 3. The van der Waals surface area contributed by atoms with Crippen molar-refractivity contribution in [1.82, 2.24) is 19.4 Å². The molecule has 2 rings (SSSR count). The maximum atomic E-state index is 4.39. The van der Waals surface area contributed by atoms with Gasteiger partial charge >= 0.3 is 0 Å². The molecule has 0 spiro atoms. The van der Waals surface area contributed by atoms with Crippen molar-refractivity contribution in [2.45, 2.75) is 20.3 Å². The van der Waals surface area contributed by atoms with E-state index in [-0.39, 0.29) is 0 Å². The zero-order valence-corrected chi connectivity index (χ0v) is 12.1. The fraction of sp³-hybridized carbons (Fsp3) is 0.571. The normalized spacial score (nSPS) is 11.4. The maximum absolute atomic E-state index is 4.39. The molecule has 0 aliphatic rings. The van der Waals surface area contributed by atoms with Gasteiger partial charge in [0.2, 0.25) is 0 Å². The van der Waals surface area contributed by atoms with Crippen LogP contribution in [0.4, 0.5) is 5.82 Å². The van der Waals surface area contributed by atoms with Crippen molar-refractivity contribution >= 4 is 16.9 Å². The number of nitrogens with zero attached hydrogens (tertiary/aromatic N) is 4. The Morgan fingerprint density at radius 2 is 2.05 bits per heavy atom. The van der Waals surface area contributed by atoms with E-state index in [4.69, 9.17) is 0 Å². The standard InChI is InChI=1S/C14H23N5/c1-4-19(5-2)10-6-8-15-14-13-12(7-9-16-14)18(3)11-17-13/h7,9,11H,4-6,8,10H2,1-3H3,(H,15,16). The van der Waals surface area contributed by atoms with Crippen LogP contribution < -0.4 is 5.32 Å². The molecule has 0 amide bonds. The van der Waals surface area contributed by atoms with Crippen molar-refractivity contribution in [2.24, 2.45) is 7.05 Å². The van der Waals surface area contributed by atoms with Gasteiger partial charge < -0.3 is 14.8 Å². The highest BCUT2D eigenvalue weighted by Gasteiger charge is 2.06. The van der Waals surface area contributed by atoms with Gasteiger partial charge in [-0.25, -0.2) is 9.97 Å². The van der Waals surface area contributed by atoms with Crippen molar-refractivity contribution in [3.05, 3.63) is 18.6 Å². The third kappa shape index (κ3) is 3.23. The van der Waals surface area contributed by atoms with E-state index in [1.54, 1.807) is 0 Å². The molecule has 0 radical (unpaired) electrons. The molecule has 2 aromatic heterocycles. The van der Waals surface area contributed by atoms with Gasteiger partial charge in [-0.15, -0.1) is 0 Å². The van der Waals surface area contributed by atoms with E-state index >= 15 is 0 Å². The quantitative estimate of drug-likeness (QED) is 0.775. The van der Waals surface area contributed by atoms with Crippen LogP contribution in [0.1, 0.15) is 20.3 Å². The Balaban J connectivity index is 1.91. The Morgan fingerprint density at radius 1 is 1.26 bits per heavy atom. The number of anilines is 1. The molecule has 2 aromatic rings. The molecule has 0 aliphatic heterocycles. The van der Waals surface area contributed by atoms with Crippen LogP contribution in [0, 0.1) is 0 Å². The molecule has 1 N–H and O–H groups in total. The van der Waals surface area contributed by atoms with E-state index in [1.165, 1.54) is 0 Å².